The fourth-order valence-corrected chi connectivity index (χ4v) is 3.17. The summed E-state index contributed by atoms with van der Waals surface area (Å²) < 4.78 is 5.89. The average molecular weight is 332 g/mol. The number of ether oxygens (including phenoxy) is 1. The van der Waals surface area contributed by atoms with E-state index >= 15 is 0 Å². The molecule has 1 aliphatic heterocycles. The van der Waals surface area contributed by atoms with Crippen molar-refractivity contribution < 1.29 is 9.84 Å². The van der Waals surface area contributed by atoms with E-state index in [0.29, 0.717) is 10.9 Å². The van der Waals surface area contributed by atoms with Gasteiger partial charge >= 0.3 is 0 Å². The van der Waals surface area contributed by atoms with Crippen molar-refractivity contribution in [2.75, 3.05) is 19.7 Å². The molecule has 1 aliphatic rings. The van der Waals surface area contributed by atoms with Crippen LogP contribution >= 0.6 is 11.6 Å². The summed E-state index contributed by atoms with van der Waals surface area (Å²) in [5, 5.41) is 10.0. The lowest BCUT2D eigenvalue weighted by atomic mass is 9.98. The Morgan fingerprint density at radius 2 is 1.96 bits per heavy atom. The van der Waals surface area contributed by atoms with Gasteiger partial charge in [0.15, 0.2) is 0 Å². The molecule has 0 spiro atoms. The van der Waals surface area contributed by atoms with Crippen LogP contribution in [0.4, 0.5) is 0 Å². The molecule has 3 rings (SSSR count). The van der Waals surface area contributed by atoms with E-state index in [2.05, 4.69) is 17.0 Å². The summed E-state index contributed by atoms with van der Waals surface area (Å²) in [6.07, 6.45) is 2.29. The molecule has 1 heterocycles. The maximum atomic E-state index is 9.35. The number of halogens is 1. The normalized spacial score (nSPS) is 18.8. The maximum absolute atomic E-state index is 9.35. The summed E-state index contributed by atoms with van der Waals surface area (Å²) in [4.78, 5) is 2.41. The van der Waals surface area contributed by atoms with E-state index < -0.39 is 0 Å². The van der Waals surface area contributed by atoms with Crippen molar-refractivity contribution in [3.05, 3.63) is 59.1 Å². The summed E-state index contributed by atoms with van der Waals surface area (Å²) >= 11 is 5.89. The smallest absolute Gasteiger partial charge is 0.127 e. The van der Waals surface area contributed by atoms with Crippen LogP contribution in [0.25, 0.3) is 0 Å². The van der Waals surface area contributed by atoms with Gasteiger partial charge in [-0.1, -0.05) is 23.7 Å². The van der Waals surface area contributed by atoms with Crippen molar-refractivity contribution in [1.82, 2.24) is 4.90 Å². The SMILES string of the molecule is OCC1CCCN(Cc2cccc(Oc3ccc(Cl)cc3)c2)C1. The van der Waals surface area contributed by atoms with Crippen molar-refractivity contribution in [3.8, 4) is 11.5 Å². The van der Waals surface area contributed by atoms with Crippen LogP contribution in [0.1, 0.15) is 18.4 Å². The molecule has 2 aromatic rings. The van der Waals surface area contributed by atoms with Gasteiger partial charge in [-0.15, -0.1) is 0 Å². The molecule has 0 amide bonds. The molecule has 1 unspecified atom stereocenters. The molecule has 0 aliphatic carbocycles. The number of hydrogen-bond donors (Lipinski definition) is 1. The number of piperidine rings is 1. The Morgan fingerprint density at radius 3 is 2.74 bits per heavy atom. The number of nitrogens with zero attached hydrogens (tertiary/aromatic N) is 1. The van der Waals surface area contributed by atoms with Crippen LogP contribution in [0.15, 0.2) is 48.5 Å². The first-order valence-corrected chi connectivity index (χ1v) is 8.46. The molecule has 2 aromatic carbocycles. The quantitative estimate of drug-likeness (QED) is 0.884. The molecular weight excluding hydrogens is 310 g/mol. The fourth-order valence-electron chi connectivity index (χ4n) is 3.05. The van der Waals surface area contributed by atoms with Crippen molar-refractivity contribution in [2.24, 2.45) is 5.92 Å². The topological polar surface area (TPSA) is 32.7 Å². The van der Waals surface area contributed by atoms with Gasteiger partial charge in [-0.25, -0.2) is 0 Å². The van der Waals surface area contributed by atoms with Gasteiger partial charge in [0.25, 0.3) is 0 Å². The number of aliphatic hydroxyl groups is 1. The zero-order chi connectivity index (χ0) is 16.1. The number of rotatable bonds is 5. The summed E-state index contributed by atoms with van der Waals surface area (Å²) in [6, 6.07) is 15.6. The first-order chi connectivity index (χ1) is 11.2. The van der Waals surface area contributed by atoms with Crippen molar-refractivity contribution in [1.29, 1.82) is 0 Å². The van der Waals surface area contributed by atoms with Crippen LogP contribution in [-0.4, -0.2) is 29.7 Å². The van der Waals surface area contributed by atoms with Crippen LogP contribution in [0.5, 0.6) is 11.5 Å². The second-order valence-electron chi connectivity index (χ2n) is 6.13. The molecule has 23 heavy (non-hydrogen) atoms. The molecule has 0 bridgehead atoms. The Labute approximate surface area is 142 Å². The van der Waals surface area contributed by atoms with Crippen molar-refractivity contribution >= 4 is 11.6 Å². The summed E-state index contributed by atoms with van der Waals surface area (Å²) in [5.41, 5.74) is 1.23. The number of benzene rings is 2. The van der Waals surface area contributed by atoms with Crippen LogP contribution < -0.4 is 4.74 Å². The Balaban J connectivity index is 1.64. The van der Waals surface area contributed by atoms with E-state index in [4.69, 9.17) is 16.3 Å². The molecule has 0 radical (unpaired) electrons. The lowest BCUT2D eigenvalue weighted by molar-refractivity contribution is 0.116. The van der Waals surface area contributed by atoms with E-state index in [1.807, 2.05) is 36.4 Å². The average Bonchev–Trinajstić information content (AvgIpc) is 2.57. The van der Waals surface area contributed by atoms with E-state index in [1.54, 1.807) is 0 Å². The zero-order valence-corrected chi connectivity index (χ0v) is 13.9. The lowest BCUT2D eigenvalue weighted by Gasteiger charge is -2.31. The van der Waals surface area contributed by atoms with Crippen LogP contribution in [0.2, 0.25) is 5.02 Å². The minimum absolute atomic E-state index is 0.288. The van der Waals surface area contributed by atoms with Gasteiger partial charge in [0.1, 0.15) is 11.5 Å². The van der Waals surface area contributed by atoms with Gasteiger partial charge < -0.3 is 9.84 Å². The molecular formula is C19H22ClNO2. The van der Waals surface area contributed by atoms with Crippen LogP contribution in [0.3, 0.4) is 0 Å². The highest BCUT2D eigenvalue weighted by Crippen LogP contribution is 2.25. The second-order valence-corrected chi connectivity index (χ2v) is 6.57. The standard InChI is InChI=1S/C19H22ClNO2/c20-17-6-8-18(9-7-17)23-19-5-1-3-15(11-19)12-21-10-2-4-16(13-21)14-22/h1,3,5-9,11,16,22H,2,4,10,12-14H2. The summed E-state index contributed by atoms with van der Waals surface area (Å²) in [6.45, 7) is 3.25. The third-order valence-corrected chi connectivity index (χ3v) is 4.47. The van der Waals surface area contributed by atoms with E-state index in [1.165, 1.54) is 5.56 Å². The van der Waals surface area contributed by atoms with Crippen LogP contribution in [0, 0.1) is 5.92 Å². The Kier molecular flexibility index (Phi) is 5.55. The molecule has 0 aromatic heterocycles. The maximum Gasteiger partial charge on any atom is 0.127 e. The summed E-state index contributed by atoms with van der Waals surface area (Å²) in [5.74, 6) is 2.03. The van der Waals surface area contributed by atoms with Crippen LogP contribution in [-0.2, 0) is 6.54 Å². The third kappa shape index (κ3) is 4.71. The van der Waals surface area contributed by atoms with E-state index in [9.17, 15) is 5.11 Å². The van der Waals surface area contributed by atoms with Gasteiger partial charge in [-0.3, -0.25) is 4.90 Å². The molecule has 4 heteroatoms. The minimum Gasteiger partial charge on any atom is -0.457 e. The summed E-state index contributed by atoms with van der Waals surface area (Å²) in [7, 11) is 0. The first-order valence-electron chi connectivity index (χ1n) is 8.08. The molecule has 1 N–H and O–H groups in total. The molecule has 0 saturated carbocycles. The zero-order valence-electron chi connectivity index (χ0n) is 13.1. The molecule has 1 saturated heterocycles. The minimum atomic E-state index is 0.288. The van der Waals surface area contributed by atoms with E-state index in [0.717, 1.165) is 44.0 Å². The Bertz CT molecular complexity index is 630. The predicted octanol–water partition coefficient (Wildman–Crippen LogP) is 4.34. The monoisotopic (exact) mass is 331 g/mol. The fraction of sp³-hybridized carbons (Fsp3) is 0.368. The van der Waals surface area contributed by atoms with Gasteiger partial charge in [0.2, 0.25) is 0 Å². The number of hydrogen-bond acceptors (Lipinski definition) is 3. The van der Waals surface area contributed by atoms with E-state index in [-0.39, 0.29) is 6.61 Å². The molecule has 122 valence electrons. The van der Waals surface area contributed by atoms with Gasteiger partial charge in [-0.05, 0) is 67.3 Å². The van der Waals surface area contributed by atoms with Crippen molar-refractivity contribution in [2.45, 2.75) is 19.4 Å². The third-order valence-electron chi connectivity index (χ3n) is 4.22. The lowest BCUT2D eigenvalue weighted by Crippen LogP contribution is -2.36. The molecule has 3 nitrogen and oxygen atoms in total. The van der Waals surface area contributed by atoms with Gasteiger partial charge in [0.05, 0.1) is 0 Å². The predicted molar refractivity (Wildman–Crippen MR) is 93.1 cm³/mol. The molecule has 1 fully saturated rings. The first kappa shape index (κ1) is 16.3. The molecule has 1 atom stereocenters. The van der Waals surface area contributed by atoms with Gasteiger partial charge in [0, 0.05) is 24.7 Å². The highest BCUT2D eigenvalue weighted by Gasteiger charge is 2.19. The highest BCUT2D eigenvalue weighted by atomic mass is 35.5. The number of aliphatic hydroxyl groups excluding tert-OH is 1. The Hall–Kier alpha value is -1.55. The van der Waals surface area contributed by atoms with Crippen molar-refractivity contribution in [3.63, 3.8) is 0 Å². The van der Waals surface area contributed by atoms with Gasteiger partial charge in [-0.2, -0.15) is 0 Å². The largest absolute Gasteiger partial charge is 0.457 e. The second kappa shape index (κ2) is 7.82. The number of likely N-dealkylation sites (tertiary alicyclic amines) is 1. The highest BCUT2D eigenvalue weighted by molar-refractivity contribution is 6.30. The Morgan fingerprint density at radius 1 is 1.13 bits per heavy atom.